The van der Waals surface area contributed by atoms with Crippen LogP contribution in [0.3, 0.4) is 0 Å². The van der Waals surface area contributed by atoms with E-state index in [4.69, 9.17) is 11.6 Å². The normalized spacial score (nSPS) is 28.7. The number of alkyl halides is 1. The highest BCUT2D eigenvalue weighted by Gasteiger charge is 2.28. The van der Waals surface area contributed by atoms with Gasteiger partial charge in [0.15, 0.2) is 0 Å². The number of piperidine rings is 1. The van der Waals surface area contributed by atoms with E-state index in [1.165, 1.54) is 71.2 Å². The van der Waals surface area contributed by atoms with Gasteiger partial charge >= 0.3 is 0 Å². The van der Waals surface area contributed by atoms with E-state index in [-0.39, 0.29) is 0 Å². The molecule has 2 heterocycles. The van der Waals surface area contributed by atoms with Crippen molar-refractivity contribution in [2.45, 2.75) is 51.5 Å². The van der Waals surface area contributed by atoms with Gasteiger partial charge in [-0.25, -0.2) is 0 Å². The lowest BCUT2D eigenvalue weighted by atomic mass is 10.1. The lowest BCUT2D eigenvalue weighted by molar-refractivity contribution is 0.161. The molecule has 18 heavy (non-hydrogen) atoms. The third-order valence-electron chi connectivity index (χ3n) is 4.69. The molecule has 2 aliphatic rings. The lowest BCUT2D eigenvalue weighted by Crippen LogP contribution is -2.41. The molecule has 0 aliphatic carbocycles. The van der Waals surface area contributed by atoms with Crippen molar-refractivity contribution >= 4 is 11.6 Å². The molecular formula is C15H29ClN2. The molecule has 0 radical (unpaired) electrons. The van der Waals surface area contributed by atoms with Crippen molar-refractivity contribution < 1.29 is 0 Å². The fourth-order valence-electron chi connectivity index (χ4n) is 3.33. The molecule has 2 saturated heterocycles. The SMILES string of the molecule is CC(CCCl)CCN1CCC(N2CCCCC2)C1. The molecule has 0 aromatic carbocycles. The summed E-state index contributed by atoms with van der Waals surface area (Å²) in [5.41, 5.74) is 0. The van der Waals surface area contributed by atoms with E-state index in [1.807, 2.05) is 0 Å². The Kier molecular flexibility index (Phi) is 6.26. The summed E-state index contributed by atoms with van der Waals surface area (Å²) in [5.74, 6) is 1.61. The second-order valence-corrected chi connectivity index (χ2v) is 6.59. The summed E-state index contributed by atoms with van der Waals surface area (Å²) in [4.78, 5) is 5.41. The third kappa shape index (κ3) is 4.40. The van der Waals surface area contributed by atoms with Gasteiger partial charge in [0.2, 0.25) is 0 Å². The van der Waals surface area contributed by atoms with Crippen LogP contribution in [0.4, 0.5) is 0 Å². The molecule has 2 atom stereocenters. The van der Waals surface area contributed by atoms with Crippen molar-refractivity contribution in [2.75, 3.05) is 38.6 Å². The van der Waals surface area contributed by atoms with Crippen molar-refractivity contribution in [1.82, 2.24) is 9.80 Å². The minimum absolute atomic E-state index is 0.788. The van der Waals surface area contributed by atoms with Crippen LogP contribution in [0.15, 0.2) is 0 Å². The first-order valence-electron chi connectivity index (χ1n) is 7.82. The van der Waals surface area contributed by atoms with Crippen molar-refractivity contribution in [3.8, 4) is 0 Å². The number of hydrogen-bond acceptors (Lipinski definition) is 2. The van der Waals surface area contributed by atoms with Crippen molar-refractivity contribution in [1.29, 1.82) is 0 Å². The van der Waals surface area contributed by atoms with Gasteiger partial charge in [-0.05, 0) is 64.2 Å². The fourth-order valence-corrected chi connectivity index (χ4v) is 3.70. The van der Waals surface area contributed by atoms with E-state index in [0.29, 0.717) is 0 Å². The summed E-state index contributed by atoms with van der Waals surface area (Å²) in [5, 5.41) is 0. The number of hydrogen-bond donors (Lipinski definition) is 0. The molecule has 0 spiro atoms. The van der Waals surface area contributed by atoms with Crippen molar-refractivity contribution in [3.05, 3.63) is 0 Å². The molecule has 2 rings (SSSR count). The molecule has 0 aromatic rings. The van der Waals surface area contributed by atoms with E-state index in [2.05, 4.69) is 16.7 Å². The standard InChI is InChI=1S/C15H29ClN2/c1-14(5-8-16)6-11-17-12-7-15(13-17)18-9-3-2-4-10-18/h14-15H,2-13H2,1H3. The Bertz CT molecular complexity index is 229. The first kappa shape index (κ1) is 14.6. The van der Waals surface area contributed by atoms with Crippen LogP contribution in [0.25, 0.3) is 0 Å². The second-order valence-electron chi connectivity index (χ2n) is 6.21. The molecule has 0 N–H and O–H groups in total. The van der Waals surface area contributed by atoms with Gasteiger partial charge in [0.25, 0.3) is 0 Å². The minimum atomic E-state index is 0.788. The van der Waals surface area contributed by atoms with Gasteiger partial charge in [0.1, 0.15) is 0 Å². The number of nitrogens with zero attached hydrogens (tertiary/aromatic N) is 2. The number of rotatable bonds is 6. The summed E-state index contributed by atoms with van der Waals surface area (Å²) >= 11 is 5.80. The van der Waals surface area contributed by atoms with Crippen molar-refractivity contribution in [2.24, 2.45) is 5.92 Å². The molecule has 3 heteroatoms. The smallest absolute Gasteiger partial charge is 0.0235 e. The van der Waals surface area contributed by atoms with Crippen LogP contribution < -0.4 is 0 Å². The number of halogens is 1. The summed E-state index contributed by atoms with van der Waals surface area (Å²) in [6.45, 7) is 8.94. The summed E-state index contributed by atoms with van der Waals surface area (Å²) in [6, 6.07) is 0.855. The van der Waals surface area contributed by atoms with E-state index >= 15 is 0 Å². The van der Waals surface area contributed by atoms with E-state index in [9.17, 15) is 0 Å². The maximum Gasteiger partial charge on any atom is 0.0235 e. The highest BCUT2D eigenvalue weighted by atomic mass is 35.5. The Balaban J connectivity index is 1.64. The zero-order chi connectivity index (χ0) is 12.8. The van der Waals surface area contributed by atoms with Gasteiger partial charge in [-0.2, -0.15) is 0 Å². The maximum absolute atomic E-state index is 5.80. The average molecular weight is 273 g/mol. The minimum Gasteiger partial charge on any atom is -0.302 e. The first-order valence-corrected chi connectivity index (χ1v) is 8.35. The summed E-state index contributed by atoms with van der Waals surface area (Å²) < 4.78 is 0. The van der Waals surface area contributed by atoms with E-state index in [1.54, 1.807) is 0 Å². The highest BCUT2D eigenvalue weighted by molar-refractivity contribution is 6.17. The van der Waals surface area contributed by atoms with E-state index < -0.39 is 0 Å². The molecule has 2 aliphatic heterocycles. The zero-order valence-electron chi connectivity index (χ0n) is 11.9. The van der Waals surface area contributed by atoms with Gasteiger partial charge < -0.3 is 4.90 Å². The lowest BCUT2D eigenvalue weighted by Gasteiger charge is -2.32. The highest BCUT2D eigenvalue weighted by Crippen LogP contribution is 2.21. The molecular weight excluding hydrogens is 244 g/mol. The van der Waals surface area contributed by atoms with Gasteiger partial charge in [-0.15, -0.1) is 11.6 Å². The zero-order valence-corrected chi connectivity index (χ0v) is 12.7. The predicted octanol–water partition coefficient (Wildman–Crippen LogP) is 3.20. The van der Waals surface area contributed by atoms with Crippen LogP contribution in [0.2, 0.25) is 0 Å². The van der Waals surface area contributed by atoms with Crippen LogP contribution in [0.1, 0.15) is 45.4 Å². The van der Waals surface area contributed by atoms with Crippen LogP contribution in [-0.2, 0) is 0 Å². The predicted molar refractivity (Wildman–Crippen MR) is 79.4 cm³/mol. The van der Waals surface area contributed by atoms with Crippen LogP contribution in [0, 0.1) is 5.92 Å². The van der Waals surface area contributed by atoms with Gasteiger partial charge in [-0.1, -0.05) is 13.3 Å². The fraction of sp³-hybridized carbons (Fsp3) is 1.00. The maximum atomic E-state index is 5.80. The van der Waals surface area contributed by atoms with Gasteiger partial charge in [0.05, 0.1) is 0 Å². The van der Waals surface area contributed by atoms with E-state index in [0.717, 1.165) is 17.8 Å². The Morgan fingerprint density at radius 3 is 2.61 bits per heavy atom. The molecule has 0 bridgehead atoms. The van der Waals surface area contributed by atoms with Crippen LogP contribution in [0.5, 0.6) is 0 Å². The molecule has 0 aromatic heterocycles. The second kappa shape index (κ2) is 7.72. The first-order chi connectivity index (χ1) is 8.79. The largest absolute Gasteiger partial charge is 0.302 e. The van der Waals surface area contributed by atoms with Gasteiger partial charge in [-0.3, -0.25) is 4.90 Å². The van der Waals surface area contributed by atoms with Gasteiger partial charge in [0, 0.05) is 18.5 Å². The number of likely N-dealkylation sites (tertiary alicyclic amines) is 2. The topological polar surface area (TPSA) is 6.48 Å². The van der Waals surface area contributed by atoms with Crippen LogP contribution in [-0.4, -0.2) is 54.4 Å². The molecule has 2 nitrogen and oxygen atoms in total. The Labute approximate surface area is 118 Å². The average Bonchev–Trinajstić information content (AvgIpc) is 2.87. The molecule has 0 saturated carbocycles. The molecule has 2 fully saturated rings. The Hall–Kier alpha value is 0.210. The summed E-state index contributed by atoms with van der Waals surface area (Å²) in [7, 11) is 0. The monoisotopic (exact) mass is 272 g/mol. The molecule has 0 amide bonds. The van der Waals surface area contributed by atoms with Crippen molar-refractivity contribution in [3.63, 3.8) is 0 Å². The Morgan fingerprint density at radius 1 is 1.11 bits per heavy atom. The Morgan fingerprint density at radius 2 is 1.89 bits per heavy atom. The molecule has 106 valence electrons. The quantitative estimate of drug-likeness (QED) is 0.685. The summed E-state index contributed by atoms with van der Waals surface area (Å²) in [6.07, 6.45) is 8.17. The van der Waals surface area contributed by atoms with Crippen LogP contribution >= 0.6 is 11.6 Å². The molecule has 2 unspecified atom stereocenters. The third-order valence-corrected chi connectivity index (χ3v) is 4.91.